The Hall–Kier alpha value is -2.12. The summed E-state index contributed by atoms with van der Waals surface area (Å²) in [5.74, 6) is -7.71. The van der Waals surface area contributed by atoms with Crippen LogP contribution in [0.25, 0.3) is 10.8 Å². The van der Waals surface area contributed by atoms with Crippen molar-refractivity contribution in [2.75, 3.05) is 6.61 Å². The summed E-state index contributed by atoms with van der Waals surface area (Å²) in [4.78, 5) is 11.4. The molecule has 2 rings (SSSR count). The van der Waals surface area contributed by atoms with E-state index in [2.05, 4.69) is 4.74 Å². The predicted molar refractivity (Wildman–Crippen MR) is 81.4 cm³/mol. The standard InChI is InChI=1S/C17H17F3O4/c1-2-24-16(23,17(18,19)20)14(15(21)22)10-11-7-8-12-5-3-4-6-13(12)9-11/h3-9,14,23H,2,10H2,1H3,(H,21,22). The average Bonchev–Trinajstić information content (AvgIpc) is 2.51. The highest BCUT2D eigenvalue weighted by Gasteiger charge is 2.62. The van der Waals surface area contributed by atoms with Crippen LogP contribution in [-0.4, -0.2) is 34.8 Å². The van der Waals surface area contributed by atoms with Gasteiger partial charge in [0.25, 0.3) is 5.79 Å². The predicted octanol–water partition coefficient (Wildman–Crippen LogP) is 3.37. The van der Waals surface area contributed by atoms with Gasteiger partial charge in [-0.25, -0.2) is 0 Å². The van der Waals surface area contributed by atoms with Gasteiger partial charge in [0.15, 0.2) is 0 Å². The van der Waals surface area contributed by atoms with Crippen molar-refractivity contribution in [3.63, 3.8) is 0 Å². The molecule has 130 valence electrons. The molecule has 0 bridgehead atoms. The average molecular weight is 342 g/mol. The lowest BCUT2D eigenvalue weighted by Crippen LogP contribution is -2.56. The van der Waals surface area contributed by atoms with E-state index >= 15 is 0 Å². The number of carboxylic acids is 1. The van der Waals surface area contributed by atoms with Crippen LogP contribution in [0.5, 0.6) is 0 Å². The molecule has 2 atom stereocenters. The molecular formula is C17H17F3O4. The largest absolute Gasteiger partial charge is 0.481 e. The number of benzene rings is 2. The molecule has 2 aromatic carbocycles. The van der Waals surface area contributed by atoms with E-state index in [0.717, 1.165) is 10.8 Å². The topological polar surface area (TPSA) is 66.8 Å². The smallest absolute Gasteiger partial charge is 0.444 e. The van der Waals surface area contributed by atoms with Gasteiger partial charge in [-0.2, -0.15) is 13.2 Å². The van der Waals surface area contributed by atoms with Crippen LogP contribution >= 0.6 is 0 Å². The number of rotatable bonds is 6. The monoisotopic (exact) mass is 342 g/mol. The second-order valence-electron chi connectivity index (χ2n) is 5.40. The number of fused-ring (bicyclic) bond motifs is 1. The minimum absolute atomic E-state index is 0.364. The fourth-order valence-corrected chi connectivity index (χ4v) is 2.59. The summed E-state index contributed by atoms with van der Waals surface area (Å²) >= 11 is 0. The number of carboxylic acid groups (broad SMARTS) is 1. The number of alkyl halides is 3. The van der Waals surface area contributed by atoms with Crippen LogP contribution in [0.3, 0.4) is 0 Å². The van der Waals surface area contributed by atoms with E-state index in [1.54, 1.807) is 30.3 Å². The summed E-state index contributed by atoms with van der Waals surface area (Å²) < 4.78 is 44.1. The van der Waals surface area contributed by atoms with Crippen molar-refractivity contribution in [1.29, 1.82) is 0 Å². The van der Waals surface area contributed by atoms with Gasteiger partial charge in [-0.3, -0.25) is 4.79 Å². The van der Waals surface area contributed by atoms with Gasteiger partial charge >= 0.3 is 12.1 Å². The molecule has 2 aromatic rings. The number of carbonyl (C=O) groups is 1. The highest BCUT2D eigenvalue weighted by Crippen LogP contribution is 2.39. The normalized spacial score (nSPS) is 15.9. The van der Waals surface area contributed by atoms with Crippen molar-refractivity contribution >= 4 is 16.7 Å². The van der Waals surface area contributed by atoms with Crippen molar-refractivity contribution in [3.8, 4) is 0 Å². The van der Waals surface area contributed by atoms with Crippen molar-refractivity contribution in [3.05, 3.63) is 48.0 Å². The minimum Gasteiger partial charge on any atom is -0.481 e. The highest BCUT2D eigenvalue weighted by molar-refractivity contribution is 5.83. The molecule has 0 saturated carbocycles. The zero-order valence-corrected chi connectivity index (χ0v) is 12.9. The first-order valence-electron chi connectivity index (χ1n) is 7.32. The number of hydrogen-bond donors (Lipinski definition) is 2. The van der Waals surface area contributed by atoms with Gasteiger partial charge in [0.1, 0.15) is 5.92 Å². The maximum atomic E-state index is 13.2. The van der Waals surface area contributed by atoms with Gasteiger partial charge in [-0.05, 0) is 29.7 Å². The summed E-state index contributed by atoms with van der Waals surface area (Å²) in [6.45, 7) is 0.781. The molecule has 0 aromatic heterocycles. The third-order valence-electron chi connectivity index (χ3n) is 3.79. The highest BCUT2D eigenvalue weighted by atomic mass is 19.4. The molecule has 0 aliphatic rings. The molecule has 0 heterocycles. The Morgan fingerprint density at radius 2 is 1.79 bits per heavy atom. The zero-order chi connectivity index (χ0) is 18.0. The maximum absolute atomic E-state index is 13.2. The lowest BCUT2D eigenvalue weighted by atomic mass is 9.89. The Balaban J connectivity index is 2.40. The fourth-order valence-electron chi connectivity index (χ4n) is 2.59. The quantitative estimate of drug-likeness (QED) is 0.790. The zero-order valence-electron chi connectivity index (χ0n) is 12.9. The number of ether oxygens (including phenoxy) is 1. The number of halogens is 3. The van der Waals surface area contributed by atoms with Crippen LogP contribution in [0.1, 0.15) is 12.5 Å². The second kappa shape index (κ2) is 6.78. The molecule has 0 radical (unpaired) electrons. The van der Waals surface area contributed by atoms with Crippen LogP contribution < -0.4 is 0 Å². The molecule has 7 heteroatoms. The van der Waals surface area contributed by atoms with Crippen molar-refractivity contribution < 1.29 is 32.9 Å². The fraction of sp³-hybridized carbons (Fsp3) is 0.353. The Kier molecular flexibility index (Phi) is 5.15. The first-order valence-corrected chi connectivity index (χ1v) is 7.32. The van der Waals surface area contributed by atoms with Crippen LogP contribution in [-0.2, 0) is 16.0 Å². The Morgan fingerprint density at radius 1 is 1.17 bits per heavy atom. The SMILES string of the molecule is CCOC(O)(C(Cc1ccc2ccccc2c1)C(=O)O)C(F)(F)F. The summed E-state index contributed by atoms with van der Waals surface area (Å²) in [6.07, 6.45) is -5.75. The van der Waals surface area contributed by atoms with Crippen LogP contribution in [0, 0.1) is 5.92 Å². The van der Waals surface area contributed by atoms with E-state index in [9.17, 15) is 28.2 Å². The third-order valence-corrected chi connectivity index (χ3v) is 3.79. The number of aliphatic hydroxyl groups is 1. The van der Waals surface area contributed by atoms with Gasteiger partial charge in [-0.15, -0.1) is 0 Å². The van der Waals surface area contributed by atoms with Crippen LogP contribution in [0.15, 0.2) is 42.5 Å². The molecule has 0 aliphatic heterocycles. The van der Waals surface area contributed by atoms with Crippen LogP contribution in [0.4, 0.5) is 13.2 Å². The molecular weight excluding hydrogens is 325 g/mol. The number of hydrogen-bond acceptors (Lipinski definition) is 3. The molecule has 2 N–H and O–H groups in total. The number of aliphatic carboxylic acids is 1. The van der Waals surface area contributed by atoms with E-state index in [0.29, 0.717) is 5.56 Å². The molecule has 24 heavy (non-hydrogen) atoms. The molecule has 0 fully saturated rings. The minimum atomic E-state index is -5.23. The Labute approximate surface area is 136 Å². The Bertz CT molecular complexity index is 729. The first kappa shape index (κ1) is 18.2. The molecule has 0 saturated heterocycles. The van der Waals surface area contributed by atoms with Crippen molar-refractivity contribution in [2.45, 2.75) is 25.3 Å². The molecule has 2 unspecified atom stereocenters. The van der Waals surface area contributed by atoms with Crippen LogP contribution in [0.2, 0.25) is 0 Å². The molecule has 4 nitrogen and oxygen atoms in total. The van der Waals surface area contributed by atoms with Gasteiger partial charge in [0.2, 0.25) is 0 Å². The van der Waals surface area contributed by atoms with Crippen molar-refractivity contribution in [1.82, 2.24) is 0 Å². The lowest BCUT2D eigenvalue weighted by Gasteiger charge is -2.34. The second-order valence-corrected chi connectivity index (χ2v) is 5.40. The van der Waals surface area contributed by atoms with E-state index in [-0.39, 0.29) is 0 Å². The van der Waals surface area contributed by atoms with Gasteiger partial charge < -0.3 is 14.9 Å². The van der Waals surface area contributed by atoms with Crippen molar-refractivity contribution in [2.24, 2.45) is 5.92 Å². The molecule has 0 spiro atoms. The maximum Gasteiger partial charge on any atom is 0.444 e. The summed E-state index contributed by atoms with van der Waals surface area (Å²) in [5.41, 5.74) is 0.364. The van der Waals surface area contributed by atoms with E-state index < -0.39 is 36.9 Å². The third kappa shape index (κ3) is 3.52. The van der Waals surface area contributed by atoms with E-state index in [1.165, 1.54) is 6.92 Å². The van der Waals surface area contributed by atoms with E-state index in [4.69, 9.17) is 0 Å². The molecule has 0 amide bonds. The first-order chi connectivity index (χ1) is 11.2. The summed E-state index contributed by atoms with van der Waals surface area (Å²) in [5, 5.41) is 20.8. The lowest BCUT2D eigenvalue weighted by molar-refractivity contribution is -0.381. The summed E-state index contributed by atoms with van der Waals surface area (Å²) in [6, 6.07) is 12.0. The van der Waals surface area contributed by atoms with Gasteiger partial charge in [0, 0.05) is 6.61 Å². The molecule has 0 aliphatic carbocycles. The Morgan fingerprint density at radius 3 is 2.33 bits per heavy atom. The van der Waals surface area contributed by atoms with Gasteiger partial charge in [-0.1, -0.05) is 42.5 Å². The van der Waals surface area contributed by atoms with Gasteiger partial charge in [0.05, 0.1) is 0 Å². The summed E-state index contributed by atoms with van der Waals surface area (Å²) in [7, 11) is 0. The van der Waals surface area contributed by atoms with E-state index in [1.807, 2.05) is 12.1 Å².